The first-order chi connectivity index (χ1) is 15.4. The number of rotatable bonds is 6. The summed E-state index contributed by atoms with van der Waals surface area (Å²) in [6, 6.07) is 11.5. The van der Waals surface area contributed by atoms with Gasteiger partial charge in [-0.25, -0.2) is 4.98 Å². The molecule has 0 aromatic carbocycles. The minimum absolute atomic E-state index is 0.0694. The molecule has 8 heteroatoms. The molecule has 3 aromatic heterocycles. The molecule has 32 heavy (non-hydrogen) atoms. The van der Waals surface area contributed by atoms with Crippen LogP contribution in [-0.4, -0.2) is 43.7 Å². The van der Waals surface area contributed by atoms with Gasteiger partial charge in [-0.3, -0.25) is 9.78 Å². The number of carbonyl (C=O) groups excluding carboxylic acids is 1. The van der Waals surface area contributed by atoms with E-state index >= 15 is 0 Å². The molecule has 0 saturated carbocycles. The standard InChI is InChI=1S/C24H27N5O2S/c1-5-31-20(30)14-28-22(21(27-24(28)32)19-10-6-7-11-25-19)18-13-16(3)29(17(18)4)23-15(2)9-8-12-26-23/h6-13,21-22H,5,14H2,1-4H3,(H,27,32). The Labute approximate surface area is 193 Å². The van der Waals surface area contributed by atoms with Crippen molar-refractivity contribution in [1.82, 2.24) is 24.8 Å². The van der Waals surface area contributed by atoms with E-state index in [0.29, 0.717) is 11.7 Å². The van der Waals surface area contributed by atoms with Gasteiger partial charge in [0.25, 0.3) is 0 Å². The highest BCUT2D eigenvalue weighted by Crippen LogP contribution is 2.41. The highest BCUT2D eigenvalue weighted by Gasteiger charge is 2.42. The van der Waals surface area contributed by atoms with Crippen LogP contribution in [0.25, 0.3) is 5.82 Å². The van der Waals surface area contributed by atoms with E-state index in [1.807, 2.05) is 29.2 Å². The molecule has 2 atom stereocenters. The van der Waals surface area contributed by atoms with Crippen molar-refractivity contribution < 1.29 is 9.53 Å². The molecular weight excluding hydrogens is 422 g/mol. The van der Waals surface area contributed by atoms with Gasteiger partial charge in [-0.15, -0.1) is 0 Å². The van der Waals surface area contributed by atoms with Crippen LogP contribution >= 0.6 is 12.2 Å². The number of nitrogens with zero attached hydrogens (tertiary/aromatic N) is 4. The van der Waals surface area contributed by atoms with Gasteiger partial charge in [0.15, 0.2) is 5.11 Å². The number of hydrogen-bond donors (Lipinski definition) is 1. The lowest BCUT2D eigenvalue weighted by atomic mass is 9.97. The number of nitrogens with one attached hydrogen (secondary N) is 1. The third-order valence-electron chi connectivity index (χ3n) is 5.79. The molecule has 0 amide bonds. The van der Waals surface area contributed by atoms with Gasteiger partial charge in [0.2, 0.25) is 0 Å². The summed E-state index contributed by atoms with van der Waals surface area (Å²) in [7, 11) is 0. The summed E-state index contributed by atoms with van der Waals surface area (Å²) in [5, 5.41) is 3.90. The van der Waals surface area contributed by atoms with E-state index in [1.165, 1.54) is 0 Å². The fourth-order valence-electron chi connectivity index (χ4n) is 4.38. The van der Waals surface area contributed by atoms with Crippen molar-refractivity contribution in [1.29, 1.82) is 0 Å². The summed E-state index contributed by atoms with van der Waals surface area (Å²) < 4.78 is 7.38. The lowest BCUT2D eigenvalue weighted by Crippen LogP contribution is -2.35. The average molecular weight is 450 g/mol. The molecule has 1 aliphatic rings. The van der Waals surface area contributed by atoms with Crippen molar-refractivity contribution in [2.24, 2.45) is 0 Å². The lowest BCUT2D eigenvalue weighted by Gasteiger charge is -2.27. The van der Waals surface area contributed by atoms with E-state index in [9.17, 15) is 4.79 Å². The minimum atomic E-state index is -0.308. The van der Waals surface area contributed by atoms with E-state index < -0.39 is 0 Å². The molecule has 0 radical (unpaired) electrons. The Balaban J connectivity index is 1.83. The third kappa shape index (κ3) is 3.98. The van der Waals surface area contributed by atoms with Gasteiger partial charge >= 0.3 is 5.97 Å². The van der Waals surface area contributed by atoms with Crippen LogP contribution in [0.4, 0.5) is 0 Å². The molecule has 0 bridgehead atoms. The number of aromatic nitrogens is 3. The van der Waals surface area contributed by atoms with Gasteiger partial charge in [0.05, 0.1) is 24.4 Å². The maximum Gasteiger partial charge on any atom is 0.325 e. The van der Waals surface area contributed by atoms with Gasteiger partial charge in [-0.2, -0.15) is 0 Å². The highest BCUT2D eigenvalue weighted by molar-refractivity contribution is 7.80. The maximum atomic E-state index is 12.4. The Bertz CT molecular complexity index is 1140. The smallest absolute Gasteiger partial charge is 0.325 e. The molecule has 3 aromatic rings. The Hall–Kier alpha value is -3.26. The number of aryl methyl sites for hydroxylation is 2. The van der Waals surface area contributed by atoms with Crippen LogP contribution in [-0.2, 0) is 9.53 Å². The topological polar surface area (TPSA) is 72.3 Å². The van der Waals surface area contributed by atoms with Crippen LogP contribution in [0.3, 0.4) is 0 Å². The van der Waals surface area contributed by atoms with Crippen LogP contribution in [0.5, 0.6) is 0 Å². The zero-order valence-corrected chi connectivity index (χ0v) is 19.5. The molecule has 4 heterocycles. The zero-order valence-electron chi connectivity index (χ0n) is 18.7. The Morgan fingerprint density at radius 2 is 1.94 bits per heavy atom. The predicted octanol–water partition coefficient (Wildman–Crippen LogP) is 3.73. The van der Waals surface area contributed by atoms with Gasteiger partial charge in [0, 0.05) is 23.8 Å². The number of pyridine rings is 2. The van der Waals surface area contributed by atoms with Gasteiger partial charge in [0.1, 0.15) is 12.4 Å². The lowest BCUT2D eigenvalue weighted by molar-refractivity contribution is -0.143. The van der Waals surface area contributed by atoms with Crippen LogP contribution < -0.4 is 5.32 Å². The van der Waals surface area contributed by atoms with E-state index in [4.69, 9.17) is 17.0 Å². The summed E-state index contributed by atoms with van der Waals surface area (Å²) in [6.07, 6.45) is 3.57. The molecule has 7 nitrogen and oxygen atoms in total. The van der Waals surface area contributed by atoms with Gasteiger partial charge in [-0.05, 0) is 75.3 Å². The van der Waals surface area contributed by atoms with Crippen molar-refractivity contribution in [3.05, 3.63) is 77.0 Å². The summed E-state index contributed by atoms with van der Waals surface area (Å²) >= 11 is 5.65. The van der Waals surface area contributed by atoms with Crippen molar-refractivity contribution in [2.75, 3.05) is 13.2 Å². The van der Waals surface area contributed by atoms with E-state index in [2.05, 4.69) is 52.8 Å². The van der Waals surface area contributed by atoms with E-state index in [-0.39, 0.29) is 24.6 Å². The molecule has 2 unspecified atom stereocenters. The Kier molecular flexibility index (Phi) is 6.23. The molecule has 1 fully saturated rings. The van der Waals surface area contributed by atoms with Crippen LogP contribution in [0.1, 0.15) is 47.2 Å². The summed E-state index contributed by atoms with van der Waals surface area (Å²) in [6.45, 7) is 8.40. The van der Waals surface area contributed by atoms with Crippen molar-refractivity contribution in [3.8, 4) is 5.82 Å². The number of carbonyl (C=O) groups is 1. The third-order valence-corrected chi connectivity index (χ3v) is 6.14. The number of esters is 1. The van der Waals surface area contributed by atoms with Gasteiger partial charge < -0.3 is 19.5 Å². The molecule has 1 aliphatic heterocycles. The maximum absolute atomic E-state index is 12.4. The number of ether oxygens (including phenoxy) is 1. The van der Waals surface area contributed by atoms with Crippen molar-refractivity contribution >= 4 is 23.3 Å². The average Bonchev–Trinajstić information content (AvgIpc) is 3.25. The van der Waals surface area contributed by atoms with E-state index in [0.717, 1.165) is 34.0 Å². The minimum Gasteiger partial charge on any atom is -0.465 e. The molecular formula is C24H27N5O2S. The largest absolute Gasteiger partial charge is 0.465 e. The fraction of sp³-hybridized carbons (Fsp3) is 0.333. The normalized spacial score (nSPS) is 18.0. The molecule has 1 saturated heterocycles. The van der Waals surface area contributed by atoms with Gasteiger partial charge in [-0.1, -0.05) is 12.1 Å². The van der Waals surface area contributed by atoms with Crippen LogP contribution in [0, 0.1) is 20.8 Å². The van der Waals surface area contributed by atoms with Crippen molar-refractivity contribution in [2.45, 2.75) is 39.8 Å². The second-order valence-corrected chi connectivity index (χ2v) is 8.25. The Morgan fingerprint density at radius 3 is 2.62 bits per heavy atom. The quantitative estimate of drug-likeness (QED) is 0.454. The predicted molar refractivity (Wildman–Crippen MR) is 127 cm³/mol. The molecule has 0 spiro atoms. The summed E-state index contributed by atoms with van der Waals surface area (Å²) in [5.41, 5.74) is 5.14. The monoisotopic (exact) mass is 449 g/mol. The Morgan fingerprint density at radius 1 is 1.16 bits per heavy atom. The van der Waals surface area contributed by atoms with Crippen LogP contribution in [0.2, 0.25) is 0 Å². The summed E-state index contributed by atoms with van der Waals surface area (Å²) in [5.74, 6) is 0.589. The SMILES string of the molecule is CCOC(=O)CN1C(=S)NC(c2ccccn2)C1c1cc(C)n(-c2ncccc2C)c1C. The second kappa shape index (κ2) is 9.08. The molecule has 0 aliphatic carbocycles. The first-order valence-electron chi connectivity index (χ1n) is 10.7. The molecule has 1 N–H and O–H groups in total. The zero-order chi connectivity index (χ0) is 22.8. The second-order valence-electron chi connectivity index (χ2n) is 7.87. The molecule has 4 rings (SSSR count). The highest BCUT2D eigenvalue weighted by atomic mass is 32.1. The summed E-state index contributed by atoms with van der Waals surface area (Å²) in [4.78, 5) is 23.5. The first-order valence-corrected chi connectivity index (χ1v) is 11.1. The van der Waals surface area contributed by atoms with E-state index in [1.54, 1.807) is 19.3 Å². The fourth-order valence-corrected chi connectivity index (χ4v) is 4.69. The van der Waals surface area contributed by atoms with Crippen LogP contribution in [0.15, 0.2) is 48.8 Å². The first kappa shape index (κ1) is 22.0. The molecule has 166 valence electrons. The van der Waals surface area contributed by atoms with Crippen molar-refractivity contribution in [3.63, 3.8) is 0 Å². The number of hydrogen-bond acceptors (Lipinski definition) is 5. The number of thiocarbonyl (C=S) groups is 1.